The fourth-order valence-corrected chi connectivity index (χ4v) is 0.413. The zero-order chi connectivity index (χ0) is 5.49. The minimum Gasteiger partial charge on any atom is -0.290 e. The van der Waals surface area contributed by atoms with E-state index in [0.717, 1.165) is 0 Å². The maximum absolute atomic E-state index is 8.16. The van der Waals surface area contributed by atoms with Gasteiger partial charge in [0.05, 0.1) is 0 Å². The molecule has 2 N–H and O–H groups in total. The molecule has 0 aliphatic carbocycles. The zero-order valence-electron chi connectivity index (χ0n) is 4.39. The van der Waals surface area contributed by atoms with Crippen LogP contribution in [-0.4, -0.2) is 16.6 Å². The topological polar surface area (TPSA) is 44.6 Å². The first-order valence-electron chi connectivity index (χ1n) is 2.17. The van der Waals surface area contributed by atoms with Gasteiger partial charge in [0.15, 0.2) is 0 Å². The summed E-state index contributed by atoms with van der Waals surface area (Å²) in [4.78, 5) is 3.86. The van der Waals surface area contributed by atoms with E-state index in [4.69, 9.17) is 5.21 Å². The van der Waals surface area contributed by atoms with Gasteiger partial charge in [-0.1, -0.05) is 0 Å². The Bertz CT molecular complexity index is 117. The highest BCUT2D eigenvalue weighted by atomic mass is 16.5. The smallest absolute Gasteiger partial charge is 0.149 e. The first-order valence-corrected chi connectivity index (χ1v) is 2.17. The summed E-state index contributed by atoms with van der Waals surface area (Å²) >= 11 is 0. The molecule has 0 spiro atoms. The highest BCUT2D eigenvalue weighted by Crippen LogP contribution is 2.22. The number of nitrogens with zero attached hydrogens (tertiary/aromatic N) is 1. The monoisotopic (exact) mass is 100 g/mol. The summed E-state index contributed by atoms with van der Waals surface area (Å²) in [6.07, 6.45) is 0. The Hall–Kier alpha value is -0.570. The summed E-state index contributed by atoms with van der Waals surface area (Å²) in [5, 5.41) is 8.16. The number of hydrogen-bond acceptors (Lipinski definition) is 3. The van der Waals surface area contributed by atoms with E-state index in [2.05, 4.69) is 4.99 Å². The van der Waals surface area contributed by atoms with E-state index >= 15 is 0 Å². The summed E-state index contributed by atoms with van der Waals surface area (Å²) in [7, 11) is 0. The number of rotatable bonds is 0. The van der Waals surface area contributed by atoms with Crippen molar-refractivity contribution in [3.63, 3.8) is 0 Å². The van der Waals surface area contributed by atoms with Crippen molar-refractivity contribution in [3.05, 3.63) is 0 Å². The molecule has 0 saturated carbocycles. The molecule has 0 aromatic carbocycles. The van der Waals surface area contributed by atoms with Crippen molar-refractivity contribution in [1.82, 2.24) is 5.48 Å². The molecule has 0 aromatic rings. The van der Waals surface area contributed by atoms with Crippen LogP contribution in [0.5, 0.6) is 0 Å². The molecule has 0 aromatic heterocycles. The third kappa shape index (κ3) is 0.587. The average Bonchev–Trinajstić information content (AvgIpc) is 2.13. The Balaban J connectivity index is 2.40. The molecule has 0 bridgehead atoms. The molecule has 1 rings (SSSR count). The minimum absolute atomic E-state index is 0.102. The summed E-state index contributed by atoms with van der Waals surface area (Å²) in [5.74, 6) is 0.674. The van der Waals surface area contributed by atoms with Gasteiger partial charge in [-0.3, -0.25) is 15.7 Å². The van der Waals surface area contributed by atoms with E-state index in [1.807, 2.05) is 19.3 Å². The second kappa shape index (κ2) is 0.980. The van der Waals surface area contributed by atoms with Gasteiger partial charge in [-0.25, -0.2) is 0 Å². The lowest BCUT2D eigenvalue weighted by molar-refractivity contribution is 0.235. The highest BCUT2D eigenvalue weighted by Gasteiger charge is 2.36. The fraction of sp³-hybridized carbons (Fsp3) is 0.750. The second-order valence-electron chi connectivity index (χ2n) is 2.13. The van der Waals surface area contributed by atoms with Gasteiger partial charge in [0.2, 0.25) is 0 Å². The number of aliphatic imine (C=N–C) groups is 1. The SMILES string of the molecule is CC1(C)N=C1NO. The quantitative estimate of drug-likeness (QED) is 0.426. The van der Waals surface area contributed by atoms with Crippen molar-refractivity contribution < 1.29 is 5.21 Å². The van der Waals surface area contributed by atoms with E-state index < -0.39 is 0 Å². The van der Waals surface area contributed by atoms with Crippen LogP contribution in [-0.2, 0) is 0 Å². The largest absolute Gasteiger partial charge is 0.290 e. The van der Waals surface area contributed by atoms with Gasteiger partial charge in [-0.05, 0) is 13.8 Å². The first-order chi connectivity index (χ1) is 3.17. The standard InChI is InChI=1S/C4H8N2O/c1-4(2)3(5-4)6-7/h7H,1-2H3,(H,5,6). The van der Waals surface area contributed by atoms with E-state index in [1.165, 1.54) is 0 Å². The van der Waals surface area contributed by atoms with E-state index in [1.54, 1.807) is 0 Å². The van der Waals surface area contributed by atoms with Crippen LogP contribution in [0, 0.1) is 0 Å². The Morgan fingerprint density at radius 1 is 1.71 bits per heavy atom. The zero-order valence-corrected chi connectivity index (χ0v) is 4.39. The van der Waals surface area contributed by atoms with E-state index in [-0.39, 0.29) is 5.54 Å². The number of nitrogens with one attached hydrogen (secondary N) is 1. The third-order valence-electron chi connectivity index (χ3n) is 1.03. The molecule has 0 atom stereocenters. The Morgan fingerprint density at radius 3 is 2.14 bits per heavy atom. The van der Waals surface area contributed by atoms with Crippen LogP contribution in [0.15, 0.2) is 4.99 Å². The molecule has 1 heterocycles. The molecule has 0 fully saturated rings. The van der Waals surface area contributed by atoms with Crippen LogP contribution < -0.4 is 5.48 Å². The lowest BCUT2D eigenvalue weighted by Gasteiger charge is -1.93. The van der Waals surface area contributed by atoms with Crippen molar-refractivity contribution in [1.29, 1.82) is 0 Å². The minimum atomic E-state index is -0.102. The second-order valence-corrected chi connectivity index (χ2v) is 2.13. The molecule has 1 aliphatic heterocycles. The fourth-order valence-electron chi connectivity index (χ4n) is 0.413. The molecule has 3 heteroatoms. The van der Waals surface area contributed by atoms with Gasteiger partial charge < -0.3 is 0 Å². The molecule has 0 amide bonds. The van der Waals surface area contributed by atoms with E-state index in [0.29, 0.717) is 5.84 Å². The number of amidine groups is 1. The van der Waals surface area contributed by atoms with Crippen molar-refractivity contribution in [2.75, 3.05) is 0 Å². The van der Waals surface area contributed by atoms with Crippen LogP contribution in [0.25, 0.3) is 0 Å². The molecule has 1 aliphatic rings. The van der Waals surface area contributed by atoms with Crippen LogP contribution >= 0.6 is 0 Å². The molecule has 0 saturated heterocycles. The van der Waals surface area contributed by atoms with Crippen LogP contribution in [0.4, 0.5) is 0 Å². The van der Waals surface area contributed by atoms with Gasteiger partial charge in [0, 0.05) is 0 Å². The third-order valence-corrected chi connectivity index (χ3v) is 1.03. The maximum atomic E-state index is 8.16. The molecular formula is C4H8N2O. The first kappa shape index (κ1) is 4.59. The van der Waals surface area contributed by atoms with Gasteiger partial charge in [-0.2, -0.15) is 0 Å². The Kier molecular flexibility index (Phi) is 0.642. The van der Waals surface area contributed by atoms with Crippen molar-refractivity contribution in [2.45, 2.75) is 19.4 Å². The summed E-state index contributed by atoms with van der Waals surface area (Å²) in [6.45, 7) is 3.84. The van der Waals surface area contributed by atoms with Crippen LogP contribution in [0.2, 0.25) is 0 Å². The lowest BCUT2D eigenvalue weighted by atomic mass is 10.2. The van der Waals surface area contributed by atoms with Gasteiger partial charge >= 0.3 is 0 Å². The molecule has 40 valence electrons. The van der Waals surface area contributed by atoms with Gasteiger partial charge in [0.1, 0.15) is 11.4 Å². The number of hydroxylamine groups is 1. The predicted octanol–water partition coefficient (Wildman–Crippen LogP) is 0.156. The summed E-state index contributed by atoms with van der Waals surface area (Å²) < 4.78 is 0. The molecule has 0 radical (unpaired) electrons. The van der Waals surface area contributed by atoms with Crippen molar-refractivity contribution in [2.24, 2.45) is 4.99 Å². The molecular weight excluding hydrogens is 92.1 g/mol. The van der Waals surface area contributed by atoms with E-state index in [9.17, 15) is 0 Å². The number of hydrogen-bond donors (Lipinski definition) is 2. The lowest BCUT2D eigenvalue weighted by Crippen LogP contribution is -2.20. The molecule has 0 unspecified atom stereocenters. The Labute approximate surface area is 42.0 Å². The molecule has 3 nitrogen and oxygen atoms in total. The highest BCUT2D eigenvalue weighted by molar-refractivity contribution is 6.01. The average molecular weight is 100 g/mol. The normalized spacial score (nSPS) is 23.6. The van der Waals surface area contributed by atoms with Crippen LogP contribution in [0.1, 0.15) is 13.8 Å². The van der Waals surface area contributed by atoms with Crippen LogP contribution in [0.3, 0.4) is 0 Å². The predicted molar refractivity (Wildman–Crippen MR) is 26.4 cm³/mol. The molecule has 7 heavy (non-hydrogen) atoms. The maximum Gasteiger partial charge on any atom is 0.149 e. The van der Waals surface area contributed by atoms with Crippen molar-refractivity contribution in [3.8, 4) is 0 Å². The van der Waals surface area contributed by atoms with Crippen molar-refractivity contribution >= 4 is 5.84 Å². The van der Waals surface area contributed by atoms with Gasteiger partial charge in [-0.15, -0.1) is 0 Å². The van der Waals surface area contributed by atoms with Gasteiger partial charge in [0.25, 0.3) is 0 Å². The Morgan fingerprint density at radius 2 is 2.14 bits per heavy atom. The summed E-state index contributed by atoms with van der Waals surface area (Å²) in [6, 6.07) is 0. The summed E-state index contributed by atoms with van der Waals surface area (Å²) in [5.41, 5.74) is 1.88.